The second-order valence-corrected chi connectivity index (χ2v) is 1.94. The van der Waals surface area contributed by atoms with E-state index in [9.17, 15) is 0 Å². The molecule has 6 heavy (non-hydrogen) atoms. The topological polar surface area (TPSA) is 21.3 Å². The van der Waals surface area contributed by atoms with Crippen LogP contribution >= 0.6 is 8.73 Å². The maximum Gasteiger partial charge on any atom is 0.108 e. The van der Waals surface area contributed by atoms with Gasteiger partial charge < -0.3 is 4.84 Å². The van der Waals surface area contributed by atoms with E-state index in [0.29, 0.717) is 0 Å². The Morgan fingerprint density at radius 2 is 2.83 bits per heavy atom. The van der Waals surface area contributed by atoms with E-state index in [1.54, 1.807) is 6.26 Å². The second-order valence-electron chi connectivity index (χ2n) is 0.973. The number of rotatable bonds is 0. The molecular formula is C3H6NOP. The molecule has 1 heterocycles. The van der Waals surface area contributed by atoms with Crippen LogP contribution in [0.3, 0.4) is 0 Å². The number of nitrogens with one attached hydrogen (secondary N) is 1. The summed E-state index contributed by atoms with van der Waals surface area (Å²) in [5.41, 5.74) is 0. The van der Waals surface area contributed by atoms with E-state index in [1.165, 1.54) is 0 Å². The van der Waals surface area contributed by atoms with E-state index in [1.807, 2.05) is 6.08 Å². The van der Waals surface area contributed by atoms with Crippen molar-refractivity contribution >= 4 is 8.73 Å². The minimum absolute atomic E-state index is 0.743. The SMILES string of the molecule is C1=CONPC1. The summed E-state index contributed by atoms with van der Waals surface area (Å²) in [6.07, 6.45) is 4.77. The first kappa shape index (κ1) is 4.10. The van der Waals surface area contributed by atoms with Crippen LogP contribution in [-0.2, 0) is 4.84 Å². The monoisotopic (exact) mass is 103 g/mol. The fourth-order valence-corrected chi connectivity index (χ4v) is 0.721. The average Bonchev–Trinajstić information content (AvgIpc) is 1.72. The summed E-state index contributed by atoms with van der Waals surface area (Å²) >= 11 is 0. The van der Waals surface area contributed by atoms with Crippen molar-refractivity contribution in [2.24, 2.45) is 0 Å². The predicted molar refractivity (Wildman–Crippen MR) is 26.5 cm³/mol. The molecule has 2 nitrogen and oxygen atoms in total. The highest BCUT2D eigenvalue weighted by atomic mass is 31.1. The van der Waals surface area contributed by atoms with Gasteiger partial charge in [0.05, 0.1) is 0 Å². The average molecular weight is 103 g/mol. The lowest BCUT2D eigenvalue weighted by atomic mass is 10.7. The Bertz CT molecular complexity index is 55.8. The molecule has 1 unspecified atom stereocenters. The molecule has 1 aliphatic rings. The Morgan fingerprint density at radius 1 is 1.83 bits per heavy atom. The summed E-state index contributed by atoms with van der Waals surface area (Å²) in [7, 11) is 0.743. The number of hydrogen-bond donors (Lipinski definition) is 1. The fourth-order valence-electron chi connectivity index (χ4n) is 0.273. The van der Waals surface area contributed by atoms with Crippen molar-refractivity contribution in [3.63, 3.8) is 0 Å². The van der Waals surface area contributed by atoms with Gasteiger partial charge in [-0.2, -0.15) is 0 Å². The van der Waals surface area contributed by atoms with Gasteiger partial charge in [-0.25, -0.2) is 0 Å². The van der Waals surface area contributed by atoms with E-state index in [0.717, 1.165) is 14.9 Å². The van der Waals surface area contributed by atoms with Gasteiger partial charge in [0.1, 0.15) is 6.26 Å². The Balaban J connectivity index is 2.26. The molecule has 0 saturated carbocycles. The van der Waals surface area contributed by atoms with Crippen molar-refractivity contribution < 1.29 is 4.84 Å². The van der Waals surface area contributed by atoms with Crippen molar-refractivity contribution in [1.82, 2.24) is 5.25 Å². The van der Waals surface area contributed by atoms with Crippen LogP contribution in [0.5, 0.6) is 0 Å². The van der Waals surface area contributed by atoms with Crippen molar-refractivity contribution in [3.05, 3.63) is 12.3 Å². The maximum absolute atomic E-state index is 4.65. The van der Waals surface area contributed by atoms with Crippen LogP contribution in [0.1, 0.15) is 0 Å². The molecule has 0 spiro atoms. The number of hydrogen-bond acceptors (Lipinski definition) is 2. The zero-order valence-corrected chi connectivity index (χ0v) is 4.27. The quantitative estimate of drug-likeness (QED) is 0.454. The molecule has 1 rings (SSSR count). The van der Waals surface area contributed by atoms with E-state index in [-0.39, 0.29) is 0 Å². The molecule has 1 atom stereocenters. The molecule has 0 radical (unpaired) electrons. The fraction of sp³-hybridized carbons (Fsp3) is 0.333. The van der Waals surface area contributed by atoms with Crippen molar-refractivity contribution in [2.75, 3.05) is 6.16 Å². The highest BCUT2D eigenvalue weighted by molar-refractivity contribution is 7.35. The van der Waals surface area contributed by atoms with Gasteiger partial charge in [-0.15, -0.1) is 5.25 Å². The standard InChI is InChI=1S/C3H6NOP/c1-2-5-4-6-3-1/h1-2,4,6H,3H2. The van der Waals surface area contributed by atoms with Crippen molar-refractivity contribution in [2.45, 2.75) is 0 Å². The molecule has 0 saturated heterocycles. The smallest absolute Gasteiger partial charge is 0.108 e. The third kappa shape index (κ3) is 0.959. The van der Waals surface area contributed by atoms with Crippen LogP contribution in [0.2, 0.25) is 0 Å². The van der Waals surface area contributed by atoms with Crippen LogP contribution < -0.4 is 5.25 Å². The summed E-state index contributed by atoms with van der Waals surface area (Å²) in [6, 6.07) is 0. The highest BCUT2D eigenvalue weighted by Gasteiger charge is 1.84. The minimum atomic E-state index is 0.743. The van der Waals surface area contributed by atoms with Gasteiger partial charge in [-0.3, -0.25) is 0 Å². The lowest BCUT2D eigenvalue weighted by molar-refractivity contribution is 0.207. The van der Waals surface area contributed by atoms with Gasteiger partial charge in [0.25, 0.3) is 0 Å². The normalized spacial score (nSPS) is 24.0. The summed E-state index contributed by atoms with van der Waals surface area (Å²) in [5.74, 6) is 0. The molecule has 0 aromatic rings. The van der Waals surface area contributed by atoms with E-state index in [4.69, 9.17) is 0 Å². The van der Waals surface area contributed by atoms with Crippen molar-refractivity contribution in [1.29, 1.82) is 0 Å². The Hall–Kier alpha value is -0.0700. The molecule has 3 heteroatoms. The summed E-state index contributed by atoms with van der Waals surface area (Å²) in [6.45, 7) is 0. The Labute approximate surface area is 38.4 Å². The molecule has 0 amide bonds. The third-order valence-electron chi connectivity index (χ3n) is 0.515. The van der Waals surface area contributed by atoms with Gasteiger partial charge in [0, 0.05) is 6.16 Å². The van der Waals surface area contributed by atoms with Crippen LogP contribution in [0, 0.1) is 0 Å². The van der Waals surface area contributed by atoms with Gasteiger partial charge in [0.15, 0.2) is 0 Å². The van der Waals surface area contributed by atoms with Crippen LogP contribution in [0.4, 0.5) is 0 Å². The van der Waals surface area contributed by atoms with Crippen LogP contribution in [-0.4, -0.2) is 6.16 Å². The largest absolute Gasteiger partial charge is 0.413 e. The second kappa shape index (κ2) is 2.17. The zero-order chi connectivity index (χ0) is 4.24. The van der Waals surface area contributed by atoms with Gasteiger partial charge in [-0.1, -0.05) is 0 Å². The van der Waals surface area contributed by atoms with E-state index >= 15 is 0 Å². The molecule has 0 aromatic carbocycles. The van der Waals surface area contributed by atoms with Gasteiger partial charge >= 0.3 is 0 Å². The number of allylic oxidation sites excluding steroid dienone is 1. The third-order valence-corrected chi connectivity index (χ3v) is 1.22. The van der Waals surface area contributed by atoms with Crippen LogP contribution in [0.25, 0.3) is 0 Å². The Kier molecular flexibility index (Phi) is 1.48. The molecule has 34 valence electrons. The van der Waals surface area contributed by atoms with Crippen molar-refractivity contribution in [3.8, 4) is 0 Å². The van der Waals surface area contributed by atoms with E-state index < -0.39 is 0 Å². The molecule has 0 aliphatic carbocycles. The summed E-state index contributed by atoms with van der Waals surface area (Å²) < 4.78 is 0. The first-order valence-electron chi connectivity index (χ1n) is 1.78. The Morgan fingerprint density at radius 3 is 3.00 bits per heavy atom. The summed E-state index contributed by atoms with van der Waals surface area (Å²) in [4.78, 5) is 4.65. The zero-order valence-electron chi connectivity index (χ0n) is 3.27. The van der Waals surface area contributed by atoms with Crippen LogP contribution in [0.15, 0.2) is 12.3 Å². The molecule has 0 bridgehead atoms. The van der Waals surface area contributed by atoms with Gasteiger partial charge in [0.2, 0.25) is 0 Å². The minimum Gasteiger partial charge on any atom is -0.413 e. The molecule has 1 N–H and O–H groups in total. The molecule has 1 aliphatic heterocycles. The summed E-state index contributed by atoms with van der Waals surface area (Å²) in [5, 5.41) is 2.73. The maximum atomic E-state index is 4.65. The highest BCUT2D eigenvalue weighted by Crippen LogP contribution is 2.06. The molecule has 0 aromatic heterocycles. The lowest BCUT2D eigenvalue weighted by Crippen LogP contribution is -2.00. The van der Waals surface area contributed by atoms with E-state index in [2.05, 4.69) is 10.1 Å². The molecular weight excluding hydrogens is 97.0 g/mol. The predicted octanol–water partition coefficient (Wildman–Crippen LogP) is 0.628. The molecule has 0 fully saturated rings. The lowest BCUT2D eigenvalue weighted by Gasteiger charge is -2.03. The first-order valence-corrected chi connectivity index (χ1v) is 2.99. The van der Waals surface area contributed by atoms with Gasteiger partial charge in [-0.05, 0) is 14.8 Å². The first-order chi connectivity index (χ1) is 3.00.